The van der Waals surface area contributed by atoms with E-state index in [2.05, 4.69) is 25.0 Å². The Bertz CT molecular complexity index is 1990. The summed E-state index contributed by atoms with van der Waals surface area (Å²) in [6.45, 7) is 7.40. The predicted octanol–water partition coefficient (Wildman–Crippen LogP) is 8.69. The third-order valence-corrected chi connectivity index (χ3v) is 10.6. The molecule has 5 aromatic carbocycles. The third kappa shape index (κ3) is 14.3. The zero-order chi connectivity index (χ0) is 39.0. The molecule has 5 aromatic rings. The molecule has 0 aliphatic carbocycles. The van der Waals surface area contributed by atoms with Crippen LogP contribution < -0.4 is 15.8 Å². The topological polar surface area (TPSA) is 126 Å². The number of rotatable bonds is 18. The zero-order valence-corrected chi connectivity index (χ0v) is 34.0. The number of alkyl carbamates (subject to hydrolysis) is 1. The average Bonchev–Trinajstić information content (AvgIpc) is 3.19. The van der Waals surface area contributed by atoms with Gasteiger partial charge in [-0.2, -0.15) is 0 Å². The van der Waals surface area contributed by atoms with Gasteiger partial charge in [0.15, 0.2) is 0 Å². The van der Waals surface area contributed by atoms with E-state index >= 15 is 0 Å². The normalized spacial score (nSPS) is 12.0. The van der Waals surface area contributed by atoms with Crippen molar-refractivity contribution >= 4 is 38.5 Å². The zero-order valence-electron chi connectivity index (χ0n) is 32.1. The van der Waals surface area contributed by atoms with Gasteiger partial charge in [-0.05, 0) is 63.5 Å². The van der Waals surface area contributed by atoms with Crippen molar-refractivity contribution in [2.45, 2.75) is 70.4 Å². The summed E-state index contributed by atoms with van der Waals surface area (Å²) in [6.07, 6.45) is -0.361. The molecule has 0 aromatic heterocycles. The second kappa shape index (κ2) is 21.6. The molecule has 1 amide bonds. The fourth-order valence-electron chi connectivity index (χ4n) is 5.72. The van der Waals surface area contributed by atoms with Gasteiger partial charge in [-0.25, -0.2) is 9.59 Å². The first kappa shape index (κ1) is 43.3. The summed E-state index contributed by atoms with van der Waals surface area (Å²) in [5.74, 6) is -0.468. The fraction of sp³-hybridized carbons (Fsp3) is 0.267. The van der Waals surface area contributed by atoms with Crippen molar-refractivity contribution in [3.63, 3.8) is 0 Å². The van der Waals surface area contributed by atoms with E-state index in [1.165, 1.54) is 0 Å². The summed E-state index contributed by atoms with van der Waals surface area (Å²) in [5.41, 5.74) is 12.3. The van der Waals surface area contributed by atoms with E-state index < -0.39 is 38.2 Å². The molecule has 56 heavy (non-hydrogen) atoms. The number of amides is 1. The summed E-state index contributed by atoms with van der Waals surface area (Å²) in [4.78, 5) is 39.5. The van der Waals surface area contributed by atoms with Gasteiger partial charge in [0.05, 0.1) is 6.61 Å². The van der Waals surface area contributed by atoms with Gasteiger partial charge in [-0.1, -0.05) is 141 Å². The molecular formula is C45H51ClN2O7Si. The van der Waals surface area contributed by atoms with E-state index in [0.717, 1.165) is 39.4 Å². The highest BCUT2D eigenvalue weighted by Crippen LogP contribution is 2.30. The molecule has 0 fully saturated rings. The maximum Gasteiger partial charge on any atom is 0.408 e. The summed E-state index contributed by atoms with van der Waals surface area (Å²) in [5, 5.41) is 2.77. The monoisotopic (exact) mass is 794 g/mol. The molecule has 11 heteroatoms. The van der Waals surface area contributed by atoms with Gasteiger partial charge in [0.25, 0.3) is 0 Å². The molecule has 5 rings (SSSR count). The van der Waals surface area contributed by atoms with Gasteiger partial charge < -0.3 is 30.0 Å². The molecule has 0 bridgehead atoms. The van der Waals surface area contributed by atoms with Crippen LogP contribution in [0.15, 0.2) is 133 Å². The molecule has 0 radical (unpaired) electrons. The van der Waals surface area contributed by atoms with Crippen LogP contribution in [0.3, 0.4) is 0 Å². The molecule has 0 saturated carbocycles. The number of carbonyl (C=O) groups excluding carboxylic acids is 3. The van der Waals surface area contributed by atoms with Gasteiger partial charge in [0.2, 0.25) is 0 Å². The first-order valence-corrected chi connectivity index (χ1v) is 22.2. The Morgan fingerprint density at radius 3 is 1.77 bits per heavy atom. The van der Waals surface area contributed by atoms with E-state index in [-0.39, 0.29) is 45.1 Å². The van der Waals surface area contributed by atoms with Crippen LogP contribution in [0.2, 0.25) is 25.7 Å². The molecule has 3 N–H and O–H groups in total. The lowest BCUT2D eigenvalue weighted by molar-refractivity contribution is -0.147. The fourth-order valence-corrected chi connectivity index (χ4v) is 6.44. The molecule has 0 saturated heterocycles. The molecule has 0 unspecified atom stereocenters. The van der Waals surface area contributed by atoms with Crippen molar-refractivity contribution < 1.29 is 33.3 Å². The Balaban J connectivity index is 0.00000696. The van der Waals surface area contributed by atoms with Crippen LogP contribution in [0.1, 0.15) is 27.8 Å². The molecule has 0 heterocycles. The number of halogens is 1. The van der Waals surface area contributed by atoms with Crippen molar-refractivity contribution in [1.29, 1.82) is 0 Å². The van der Waals surface area contributed by atoms with Crippen LogP contribution in [-0.4, -0.2) is 44.8 Å². The third-order valence-electron chi connectivity index (χ3n) is 8.85. The molecule has 9 nitrogen and oxygen atoms in total. The van der Waals surface area contributed by atoms with Gasteiger partial charge in [-0.15, -0.1) is 12.4 Å². The highest BCUT2D eigenvalue weighted by Gasteiger charge is 2.27. The number of hydrogen-bond donors (Lipinski definition) is 2. The van der Waals surface area contributed by atoms with Crippen molar-refractivity contribution in [1.82, 2.24) is 5.32 Å². The number of nitrogens with one attached hydrogen (secondary N) is 1. The Labute approximate surface area is 336 Å². The molecule has 0 spiro atoms. The van der Waals surface area contributed by atoms with Crippen LogP contribution in [0.25, 0.3) is 11.1 Å². The quantitative estimate of drug-likeness (QED) is 0.0513. The SMILES string of the molecule is C[Si](C)(C)CCOC(=O)[C@H](Cc1cc(-c2cccc(C[C@H](N)C(=O)OCc3ccccc3)c2)ccc1OCc1ccccc1)NC(=O)OCc1ccccc1.Cl. The lowest BCUT2D eigenvalue weighted by atomic mass is 9.96. The minimum absolute atomic E-state index is 0. The van der Waals surface area contributed by atoms with Gasteiger partial charge in [0, 0.05) is 14.5 Å². The minimum Gasteiger partial charge on any atom is -0.489 e. The summed E-state index contributed by atoms with van der Waals surface area (Å²) >= 11 is 0. The highest BCUT2D eigenvalue weighted by atomic mass is 35.5. The Morgan fingerprint density at radius 2 is 1.16 bits per heavy atom. The summed E-state index contributed by atoms with van der Waals surface area (Å²) in [6, 6.07) is 41.0. The lowest BCUT2D eigenvalue weighted by Crippen LogP contribution is -2.44. The highest BCUT2D eigenvalue weighted by molar-refractivity contribution is 6.76. The first-order valence-electron chi connectivity index (χ1n) is 18.5. The number of nitrogens with two attached hydrogens (primary N) is 1. The van der Waals surface area contributed by atoms with Crippen molar-refractivity contribution in [3.05, 3.63) is 161 Å². The maximum atomic E-state index is 13.7. The Hall–Kier alpha value is -5.42. The van der Waals surface area contributed by atoms with Gasteiger partial charge in [0.1, 0.15) is 37.7 Å². The molecule has 294 valence electrons. The van der Waals surface area contributed by atoms with Crippen molar-refractivity contribution in [3.8, 4) is 16.9 Å². The number of ether oxygens (including phenoxy) is 4. The predicted molar refractivity (Wildman–Crippen MR) is 224 cm³/mol. The van der Waals surface area contributed by atoms with Crippen LogP contribution in [0, 0.1) is 0 Å². The number of hydrogen-bond acceptors (Lipinski definition) is 8. The maximum absolute atomic E-state index is 13.7. The largest absolute Gasteiger partial charge is 0.489 e. The van der Waals surface area contributed by atoms with Crippen LogP contribution in [0.5, 0.6) is 5.75 Å². The minimum atomic E-state index is -1.49. The van der Waals surface area contributed by atoms with Gasteiger partial charge >= 0.3 is 18.0 Å². The van der Waals surface area contributed by atoms with Crippen molar-refractivity contribution in [2.24, 2.45) is 5.73 Å². The molecule has 0 aliphatic heterocycles. The van der Waals surface area contributed by atoms with E-state index in [9.17, 15) is 14.4 Å². The standard InChI is InChI=1S/C45H50N2O7Si.ClH/c1-55(2,3)25-24-51-44(49)41(47-45(50)54-32-35-18-11-6-12-19-35)29-39-28-38(22-23-42(39)52-30-33-14-7-4-8-15-33)37-21-13-20-36(26-37)27-40(46)43(48)53-31-34-16-9-5-10-17-34;/h4-23,26,28,40-41H,24-25,27,29-32,46H2,1-3H3,(H,47,50);1H/t40-,41-;/m0./s1. The smallest absolute Gasteiger partial charge is 0.408 e. The van der Waals surface area contributed by atoms with E-state index in [1.807, 2.05) is 133 Å². The molecule has 0 aliphatic rings. The molecule has 2 atom stereocenters. The Morgan fingerprint density at radius 1 is 0.607 bits per heavy atom. The number of carbonyl (C=O) groups is 3. The summed E-state index contributed by atoms with van der Waals surface area (Å²) < 4.78 is 23.1. The average molecular weight is 795 g/mol. The lowest BCUT2D eigenvalue weighted by Gasteiger charge is -2.21. The Kier molecular flexibility index (Phi) is 16.7. The summed E-state index contributed by atoms with van der Waals surface area (Å²) in [7, 11) is -1.49. The van der Waals surface area contributed by atoms with E-state index in [4.69, 9.17) is 24.7 Å². The second-order valence-electron chi connectivity index (χ2n) is 14.6. The first-order chi connectivity index (χ1) is 26.5. The molecular weight excluding hydrogens is 744 g/mol. The van der Waals surface area contributed by atoms with Gasteiger partial charge in [-0.3, -0.25) is 4.79 Å². The number of benzene rings is 5. The van der Waals surface area contributed by atoms with Crippen LogP contribution in [-0.2, 0) is 56.5 Å². The van der Waals surface area contributed by atoms with Crippen molar-refractivity contribution in [2.75, 3.05) is 6.61 Å². The van der Waals surface area contributed by atoms with Crippen LogP contribution >= 0.6 is 12.4 Å². The number of esters is 2. The van der Waals surface area contributed by atoms with E-state index in [0.29, 0.717) is 17.9 Å². The van der Waals surface area contributed by atoms with E-state index in [1.54, 1.807) is 0 Å². The second-order valence-corrected chi connectivity index (χ2v) is 20.3. The van der Waals surface area contributed by atoms with Crippen LogP contribution in [0.4, 0.5) is 4.79 Å².